The molecule has 144 valence electrons. The van der Waals surface area contributed by atoms with Crippen LogP contribution in [0.1, 0.15) is 18.1 Å². The maximum absolute atomic E-state index is 12.0. The molecule has 28 heavy (non-hydrogen) atoms. The van der Waals surface area contributed by atoms with Crippen LogP contribution in [0.5, 0.6) is 5.75 Å². The summed E-state index contributed by atoms with van der Waals surface area (Å²) < 4.78 is 5.73. The first-order valence-electron chi connectivity index (χ1n) is 7.98. The number of thioether (sulfide) groups is 1. The van der Waals surface area contributed by atoms with Crippen molar-refractivity contribution in [2.24, 2.45) is 4.99 Å². The minimum Gasteiger partial charge on any atom is -0.486 e. The Balaban J connectivity index is 1.75. The van der Waals surface area contributed by atoms with Crippen molar-refractivity contribution in [1.82, 2.24) is 5.32 Å². The number of ether oxygens (including phenoxy) is 1. The van der Waals surface area contributed by atoms with Gasteiger partial charge in [0.05, 0.1) is 15.0 Å². The Kier molecular flexibility index (Phi) is 6.67. The zero-order valence-electron chi connectivity index (χ0n) is 14.5. The fourth-order valence-corrected chi connectivity index (χ4v) is 4.03. The molecule has 0 atom stereocenters. The van der Waals surface area contributed by atoms with E-state index >= 15 is 0 Å². The lowest BCUT2D eigenvalue weighted by atomic mass is 10.2. The zero-order chi connectivity index (χ0) is 20.3. The molecule has 0 unspecified atom stereocenters. The molecule has 2 amide bonds. The summed E-state index contributed by atoms with van der Waals surface area (Å²) in [5, 5.41) is 3.95. The first-order chi connectivity index (χ1) is 13.3. The molecule has 1 aliphatic rings. The third-order valence-corrected chi connectivity index (χ3v) is 5.19. The summed E-state index contributed by atoms with van der Waals surface area (Å²) in [6, 6.07) is 10.5. The van der Waals surface area contributed by atoms with Gasteiger partial charge in [-0.2, -0.15) is 4.99 Å². The van der Waals surface area contributed by atoms with Gasteiger partial charge in [0.25, 0.3) is 5.91 Å². The molecule has 0 radical (unpaired) electrons. The van der Waals surface area contributed by atoms with Gasteiger partial charge in [-0.05, 0) is 53.2 Å². The van der Waals surface area contributed by atoms with Crippen LogP contribution in [0.25, 0.3) is 6.08 Å². The second-order valence-electron chi connectivity index (χ2n) is 5.75. The van der Waals surface area contributed by atoms with Crippen LogP contribution in [-0.4, -0.2) is 17.0 Å². The van der Waals surface area contributed by atoms with Crippen molar-refractivity contribution >= 4 is 69.6 Å². The van der Waals surface area contributed by atoms with Crippen LogP contribution in [0.4, 0.5) is 0 Å². The Labute approximate surface area is 180 Å². The molecule has 0 aliphatic carbocycles. The molecule has 1 N–H and O–H groups in total. The minimum absolute atomic E-state index is 0.238. The summed E-state index contributed by atoms with van der Waals surface area (Å²) in [4.78, 5) is 27.2. The maximum atomic E-state index is 12.0. The fraction of sp³-hybridized carbons (Fsp3) is 0.105. The van der Waals surface area contributed by atoms with E-state index in [1.807, 2.05) is 12.1 Å². The van der Waals surface area contributed by atoms with Crippen molar-refractivity contribution in [3.63, 3.8) is 0 Å². The lowest BCUT2D eigenvalue weighted by Gasteiger charge is -2.11. The first-order valence-corrected chi connectivity index (χ1v) is 9.93. The van der Waals surface area contributed by atoms with Gasteiger partial charge in [0.15, 0.2) is 10.9 Å². The van der Waals surface area contributed by atoms with Crippen LogP contribution in [0, 0.1) is 0 Å². The number of amidine groups is 1. The molecule has 1 heterocycles. The largest absolute Gasteiger partial charge is 0.486 e. The van der Waals surface area contributed by atoms with Crippen molar-refractivity contribution in [3.8, 4) is 5.75 Å². The van der Waals surface area contributed by atoms with Crippen molar-refractivity contribution in [2.75, 3.05) is 0 Å². The topological polar surface area (TPSA) is 67.8 Å². The van der Waals surface area contributed by atoms with E-state index in [0.717, 1.165) is 17.3 Å². The molecule has 0 fully saturated rings. The Bertz CT molecular complexity index is 998. The molecule has 0 saturated heterocycles. The van der Waals surface area contributed by atoms with Crippen molar-refractivity contribution < 1.29 is 14.3 Å². The average Bonchev–Trinajstić information content (AvgIpc) is 2.92. The third kappa shape index (κ3) is 5.29. The summed E-state index contributed by atoms with van der Waals surface area (Å²) in [7, 11) is 0. The van der Waals surface area contributed by atoms with Gasteiger partial charge < -0.3 is 10.1 Å². The van der Waals surface area contributed by atoms with Crippen molar-refractivity contribution in [1.29, 1.82) is 0 Å². The summed E-state index contributed by atoms with van der Waals surface area (Å²) in [5.74, 6) is -0.402. The lowest BCUT2D eigenvalue weighted by molar-refractivity contribution is -0.117. The number of benzene rings is 2. The summed E-state index contributed by atoms with van der Waals surface area (Å²) >= 11 is 19.6. The molecule has 2 aromatic rings. The van der Waals surface area contributed by atoms with Gasteiger partial charge in [-0.3, -0.25) is 9.59 Å². The number of nitrogens with one attached hydrogen (secondary N) is 1. The fourth-order valence-electron chi connectivity index (χ4n) is 2.35. The Hall–Kier alpha value is -1.99. The van der Waals surface area contributed by atoms with Crippen LogP contribution < -0.4 is 10.1 Å². The number of nitrogens with zero attached hydrogens (tertiary/aromatic N) is 1. The molecule has 3 rings (SSSR count). The van der Waals surface area contributed by atoms with E-state index in [0.29, 0.717) is 31.3 Å². The van der Waals surface area contributed by atoms with Gasteiger partial charge in [0.1, 0.15) is 6.61 Å². The predicted molar refractivity (Wildman–Crippen MR) is 114 cm³/mol. The van der Waals surface area contributed by atoms with Gasteiger partial charge in [0.2, 0.25) is 5.91 Å². The Morgan fingerprint density at radius 3 is 2.57 bits per heavy atom. The Morgan fingerprint density at radius 2 is 1.93 bits per heavy atom. The average molecular weight is 456 g/mol. The van der Waals surface area contributed by atoms with E-state index < -0.39 is 5.91 Å². The highest BCUT2D eigenvalue weighted by atomic mass is 35.5. The predicted octanol–water partition coefficient (Wildman–Crippen LogP) is 5.33. The SMILES string of the molecule is CC(=O)NC1=NC(=O)/C(=C\c2cc(Cl)c(OCc3cccc(Cl)c3)c(Cl)c2)S1. The molecular formula is C19H13Cl3N2O3S. The number of amides is 2. The van der Waals surface area contributed by atoms with Gasteiger partial charge in [0, 0.05) is 11.9 Å². The minimum atomic E-state index is -0.442. The number of hydrogen-bond acceptors (Lipinski definition) is 4. The number of hydrogen-bond donors (Lipinski definition) is 1. The number of aliphatic imine (C=N–C) groups is 1. The van der Waals surface area contributed by atoms with E-state index in [4.69, 9.17) is 39.5 Å². The van der Waals surface area contributed by atoms with Crippen LogP contribution in [-0.2, 0) is 16.2 Å². The highest BCUT2D eigenvalue weighted by Gasteiger charge is 2.23. The Morgan fingerprint density at radius 1 is 1.21 bits per heavy atom. The number of halogens is 3. The lowest BCUT2D eigenvalue weighted by Crippen LogP contribution is -2.23. The van der Waals surface area contributed by atoms with Crippen molar-refractivity contribution in [3.05, 3.63) is 67.5 Å². The number of carbonyl (C=O) groups is 2. The highest BCUT2D eigenvalue weighted by molar-refractivity contribution is 8.18. The summed E-state index contributed by atoms with van der Waals surface area (Å²) in [5.41, 5.74) is 1.49. The molecule has 0 spiro atoms. The van der Waals surface area contributed by atoms with E-state index in [9.17, 15) is 9.59 Å². The van der Waals surface area contributed by atoms with Crippen LogP contribution in [0.2, 0.25) is 15.1 Å². The molecule has 9 heteroatoms. The number of rotatable bonds is 4. The zero-order valence-corrected chi connectivity index (χ0v) is 17.5. The molecule has 5 nitrogen and oxygen atoms in total. The van der Waals surface area contributed by atoms with E-state index in [1.165, 1.54) is 6.92 Å². The van der Waals surface area contributed by atoms with E-state index in [2.05, 4.69) is 10.3 Å². The molecule has 1 aliphatic heterocycles. The van der Waals surface area contributed by atoms with Crippen LogP contribution >= 0.6 is 46.6 Å². The molecule has 0 saturated carbocycles. The maximum Gasteiger partial charge on any atom is 0.286 e. The first kappa shape index (κ1) is 20.7. The van der Waals surface area contributed by atoms with Crippen LogP contribution in [0.3, 0.4) is 0 Å². The standard InChI is InChI=1S/C19H13Cl3N2O3S/c1-10(25)23-19-24-18(26)16(28-19)8-12-6-14(21)17(15(22)7-12)27-9-11-3-2-4-13(20)5-11/h2-8H,9H2,1H3,(H,23,24,25,26)/b16-8+. The highest BCUT2D eigenvalue weighted by Crippen LogP contribution is 2.36. The summed E-state index contributed by atoms with van der Waals surface area (Å²) in [6.45, 7) is 1.60. The van der Waals surface area contributed by atoms with Gasteiger partial charge in [-0.15, -0.1) is 0 Å². The third-order valence-electron chi connectivity index (χ3n) is 3.49. The van der Waals surface area contributed by atoms with Crippen LogP contribution in [0.15, 0.2) is 46.3 Å². The molecular weight excluding hydrogens is 443 g/mol. The normalized spacial score (nSPS) is 14.9. The quantitative estimate of drug-likeness (QED) is 0.633. The molecule has 0 bridgehead atoms. The van der Waals surface area contributed by atoms with Gasteiger partial charge >= 0.3 is 0 Å². The van der Waals surface area contributed by atoms with E-state index in [1.54, 1.807) is 30.3 Å². The second kappa shape index (κ2) is 9.01. The molecule has 2 aromatic carbocycles. The monoisotopic (exact) mass is 454 g/mol. The smallest absolute Gasteiger partial charge is 0.286 e. The van der Waals surface area contributed by atoms with Gasteiger partial charge in [-0.25, -0.2) is 0 Å². The number of carbonyl (C=O) groups excluding carboxylic acids is 2. The summed E-state index contributed by atoms with van der Waals surface area (Å²) in [6.07, 6.45) is 1.60. The van der Waals surface area contributed by atoms with Crippen molar-refractivity contribution in [2.45, 2.75) is 13.5 Å². The second-order valence-corrected chi connectivity index (χ2v) is 8.03. The van der Waals surface area contributed by atoms with Gasteiger partial charge in [-0.1, -0.05) is 46.9 Å². The molecule has 0 aromatic heterocycles. The van der Waals surface area contributed by atoms with E-state index in [-0.39, 0.29) is 17.7 Å².